The zero-order valence-corrected chi connectivity index (χ0v) is 10.0. The second-order valence-electron chi connectivity index (χ2n) is 3.66. The third-order valence-electron chi connectivity index (χ3n) is 2.06. The van der Waals surface area contributed by atoms with Gasteiger partial charge in [-0.2, -0.15) is 0 Å². The van der Waals surface area contributed by atoms with Crippen molar-refractivity contribution in [2.24, 2.45) is 0 Å². The maximum atomic E-state index is 11.3. The van der Waals surface area contributed by atoms with Crippen LogP contribution in [0.3, 0.4) is 0 Å². The highest BCUT2D eigenvalue weighted by Crippen LogP contribution is 1.98. The minimum Gasteiger partial charge on any atom is -0.382 e. The highest BCUT2D eigenvalue weighted by atomic mass is 16.5. The summed E-state index contributed by atoms with van der Waals surface area (Å²) in [5, 5.41) is 2.89. The lowest BCUT2D eigenvalue weighted by molar-refractivity contribution is -0.126. The van der Waals surface area contributed by atoms with E-state index in [-0.39, 0.29) is 18.6 Å². The lowest BCUT2D eigenvalue weighted by Gasteiger charge is -2.13. The van der Waals surface area contributed by atoms with E-state index < -0.39 is 0 Å². The number of ether oxygens (including phenoxy) is 2. The standard InChI is InChI=1S/C11H23NO3/c1-4-5-6-10(2)12-11(13)9-15-8-7-14-3/h10H,4-9H2,1-3H3,(H,12,13). The molecule has 0 bridgehead atoms. The number of nitrogens with one attached hydrogen (secondary N) is 1. The van der Waals surface area contributed by atoms with Crippen LogP contribution < -0.4 is 5.32 Å². The molecule has 15 heavy (non-hydrogen) atoms. The summed E-state index contributed by atoms with van der Waals surface area (Å²) >= 11 is 0. The molecule has 0 aromatic rings. The monoisotopic (exact) mass is 217 g/mol. The van der Waals surface area contributed by atoms with Crippen molar-refractivity contribution in [2.45, 2.75) is 39.2 Å². The Morgan fingerprint density at radius 3 is 2.73 bits per heavy atom. The Kier molecular flexibility index (Phi) is 9.52. The summed E-state index contributed by atoms with van der Waals surface area (Å²) in [6, 6.07) is 0.239. The van der Waals surface area contributed by atoms with E-state index >= 15 is 0 Å². The third kappa shape index (κ3) is 9.69. The van der Waals surface area contributed by atoms with E-state index in [9.17, 15) is 4.79 Å². The van der Waals surface area contributed by atoms with Crippen molar-refractivity contribution >= 4 is 5.91 Å². The van der Waals surface area contributed by atoms with Crippen LogP contribution in [0.25, 0.3) is 0 Å². The van der Waals surface area contributed by atoms with Crippen LogP contribution in [-0.4, -0.2) is 38.9 Å². The summed E-state index contributed by atoms with van der Waals surface area (Å²) in [6.07, 6.45) is 3.33. The predicted molar refractivity (Wildman–Crippen MR) is 59.8 cm³/mol. The Hall–Kier alpha value is -0.610. The van der Waals surface area contributed by atoms with Gasteiger partial charge in [0.1, 0.15) is 6.61 Å². The number of hydrogen-bond acceptors (Lipinski definition) is 3. The predicted octanol–water partition coefficient (Wildman–Crippen LogP) is 1.34. The maximum absolute atomic E-state index is 11.3. The van der Waals surface area contributed by atoms with Crippen LogP contribution >= 0.6 is 0 Å². The summed E-state index contributed by atoms with van der Waals surface area (Å²) in [7, 11) is 1.61. The van der Waals surface area contributed by atoms with Gasteiger partial charge in [0, 0.05) is 13.2 Å². The van der Waals surface area contributed by atoms with E-state index in [0.29, 0.717) is 13.2 Å². The molecule has 0 spiro atoms. The van der Waals surface area contributed by atoms with Gasteiger partial charge in [-0.05, 0) is 13.3 Å². The van der Waals surface area contributed by atoms with Gasteiger partial charge in [0.15, 0.2) is 0 Å². The third-order valence-corrected chi connectivity index (χ3v) is 2.06. The number of amides is 1. The fourth-order valence-electron chi connectivity index (χ4n) is 1.21. The number of carbonyl (C=O) groups excluding carboxylic acids is 1. The fourth-order valence-corrected chi connectivity index (χ4v) is 1.21. The van der Waals surface area contributed by atoms with E-state index in [1.54, 1.807) is 7.11 Å². The van der Waals surface area contributed by atoms with Crippen LogP contribution in [-0.2, 0) is 14.3 Å². The van der Waals surface area contributed by atoms with Gasteiger partial charge in [0.25, 0.3) is 0 Å². The molecule has 0 aromatic carbocycles. The smallest absolute Gasteiger partial charge is 0.246 e. The van der Waals surface area contributed by atoms with Gasteiger partial charge in [-0.3, -0.25) is 4.79 Å². The minimum absolute atomic E-state index is 0.0466. The highest BCUT2D eigenvalue weighted by molar-refractivity contribution is 5.77. The van der Waals surface area contributed by atoms with Crippen LogP contribution in [0.15, 0.2) is 0 Å². The Morgan fingerprint density at radius 2 is 2.13 bits per heavy atom. The zero-order chi connectivity index (χ0) is 11.5. The summed E-state index contributed by atoms with van der Waals surface area (Å²) < 4.78 is 9.91. The molecule has 1 amide bonds. The van der Waals surface area contributed by atoms with E-state index in [1.807, 2.05) is 6.92 Å². The Morgan fingerprint density at radius 1 is 1.40 bits per heavy atom. The van der Waals surface area contributed by atoms with Crippen molar-refractivity contribution in [3.63, 3.8) is 0 Å². The average molecular weight is 217 g/mol. The minimum atomic E-state index is -0.0466. The average Bonchev–Trinajstić information content (AvgIpc) is 2.21. The van der Waals surface area contributed by atoms with E-state index in [0.717, 1.165) is 19.3 Å². The van der Waals surface area contributed by atoms with Crippen molar-refractivity contribution in [2.75, 3.05) is 26.9 Å². The van der Waals surface area contributed by atoms with Crippen LogP contribution in [0.2, 0.25) is 0 Å². The molecule has 90 valence electrons. The van der Waals surface area contributed by atoms with E-state index in [1.165, 1.54) is 0 Å². The maximum Gasteiger partial charge on any atom is 0.246 e. The number of rotatable bonds is 9. The molecular formula is C11H23NO3. The van der Waals surface area contributed by atoms with Crippen LogP contribution in [0.4, 0.5) is 0 Å². The summed E-state index contributed by atoms with van der Waals surface area (Å²) in [6.45, 7) is 5.27. The van der Waals surface area contributed by atoms with E-state index in [4.69, 9.17) is 9.47 Å². The van der Waals surface area contributed by atoms with Gasteiger partial charge in [-0.15, -0.1) is 0 Å². The van der Waals surface area contributed by atoms with Crippen molar-refractivity contribution < 1.29 is 14.3 Å². The zero-order valence-electron chi connectivity index (χ0n) is 10.0. The molecule has 0 rings (SSSR count). The van der Waals surface area contributed by atoms with Crippen molar-refractivity contribution in [1.82, 2.24) is 5.32 Å². The molecule has 0 aliphatic carbocycles. The van der Waals surface area contributed by atoms with Gasteiger partial charge in [-0.25, -0.2) is 0 Å². The molecule has 0 saturated carbocycles. The summed E-state index contributed by atoms with van der Waals surface area (Å²) in [4.78, 5) is 11.3. The quantitative estimate of drug-likeness (QED) is 0.593. The second-order valence-corrected chi connectivity index (χ2v) is 3.66. The number of hydrogen-bond donors (Lipinski definition) is 1. The number of unbranched alkanes of at least 4 members (excludes halogenated alkanes) is 1. The molecule has 1 atom stereocenters. The molecule has 0 radical (unpaired) electrons. The molecule has 0 heterocycles. The fraction of sp³-hybridized carbons (Fsp3) is 0.909. The lowest BCUT2D eigenvalue weighted by Crippen LogP contribution is -2.35. The molecule has 0 saturated heterocycles. The van der Waals surface area contributed by atoms with E-state index in [2.05, 4.69) is 12.2 Å². The molecule has 1 N–H and O–H groups in total. The Labute approximate surface area is 92.3 Å². The Bertz CT molecular complexity index is 162. The van der Waals surface area contributed by atoms with Crippen LogP contribution in [0.5, 0.6) is 0 Å². The summed E-state index contributed by atoms with van der Waals surface area (Å²) in [5.74, 6) is -0.0466. The van der Waals surface area contributed by atoms with Gasteiger partial charge in [0.2, 0.25) is 5.91 Å². The molecule has 4 heteroatoms. The van der Waals surface area contributed by atoms with Crippen molar-refractivity contribution in [1.29, 1.82) is 0 Å². The molecule has 4 nitrogen and oxygen atoms in total. The molecule has 0 aromatic heterocycles. The highest BCUT2D eigenvalue weighted by Gasteiger charge is 2.06. The SMILES string of the molecule is CCCCC(C)NC(=O)COCCOC. The van der Waals surface area contributed by atoms with Crippen LogP contribution in [0.1, 0.15) is 33.1 Å². The van der Waals surface area contributed by atoms with Crippen molar-refractivity contribution in [3.8, 4) is 0 Å². The van der Waals surface area contributed by atoms with Gasteiger partial charge in [0.05, 0.1) is 13.2 Å². The summed E-state index contributed by atoms with van der Waals surface area (Å²) in [5.41, 5.74) is 0. The number of carbonyl (C=O) groups is 1. The Balaban J connectivity index is 3.38. The molecule has 1 unspecified atom stereocenters. The first kappa shape index (κ1) is 14.4. The van der Waals surface area contributed by atoms with Gasteiger partial charge < -0.3 is 14.8 Å². The van der Waals surface area contributed by atoms with Crippen molar-refractivity contribution in [3.05, 3.63) is 0 Å². The normalized spacial score (nSPS) is 12.5. The first-order valence-electron chi connectivity index (χ1n) is 5.56. The topological polar surface area (TPSA) is 47.6 Å². The van der Waals surface area contributed by atoms with Gasteiger partial charge in [-0.1, -0.05) is 19.8 Å². The first-order valence-corrected chi connectivity index (χ1v) is 5.56. The largest absolute Gasteiger partial charge is 0.382 e. The molecule has 0 aliphatic heterocycles. The molecular weight excluding hydrogens is 194 g/mol. The van der Waals surface area contributed by atoms with Gasteiger partial charge >= 0.3 is 0 Å². The molecule has 0 aliphatic rings. The number of methoxy groups -OCH3 is 1. The first-order chi connectivity index (χ1) is 7.20. The molecule has 0 fully saturated rings. The van der Waals surface area contributed by atoms with Crippen LogP contribution in [0, 0.1) is 0 Å². The second kappa shape index (κ2) is 9.93. The lowest BCUT2D eigenvalue weighted by atomic mass is 10.1.